The van der Waals surface area contributed by atoms with E-state index in [1.54, 1.807) is 42.7 Å². The van der Waals surface area contributed by atoms with Crippen LogP contribution in [0.1, 0.15) is 39.5 Å². The molecule has 1 N–H and O–H groups in total. The maximum Gasteiger partial charge on any atom is 0.250 e. The van der Waals surface area contributed by atoms with Gasteiger partial charge in [0, 0.05) is 56.3 Å². The van der Waals surface area contributed by atoms with Crippen molar-refractivity contribution >= 4 is 11.9 Å². The van der Waals surface area contributed by atoms with Gasteiger partial charge in [0.1, 0.15) is 11.5 Å². The number of aromatic hydroxyl groups is 1. The second kappa shape index (κ2) is 7.71. The molecule has 1 aromatic carbocycles. The maximum atomic E-state index is 12.9. The number of allylic oxidation sites excluding steroid dienone is 1. The van der Waals surface area contributed by atoms with Crippen molar-refractivity contribution in [3.63, 3.8) is 0 Å². The lowest BCUT2D eigenvalue weighted by Crippen LogP contribution is -2.46. The minimum atomic E-state index is -0.195. The zero-order valence-electron chi connectivity index (χ0n) is 18.0. The average Bonchev–Trinajstić information content (AvgIpc) is 3.12. The quantitative estimate of drug-likeness (QED) is 0.629. The minimum absolute atomic E-state index is 0.0639. The van der Waals surface area contributed by atoms with Gasteiger partial charge in [-0.3, -0.25) is 19.5 Å². The van der Waals surface area contributed by atoms with Gasteiger partial charge in [-0.1, -0.05) is 12.1 Å². The smallest absolute Gasteiger partial charge is 0.250 e. The number of nitrogens with zero attached hydrogens (tertiary/aromatic N) is 3. The van der Waals surface area contributed by atoms with E-state index in [1.807, 2.05) is 22.8 Å². The summed E-state index contributed by atoms with van der Waals surface area (Å²) in [7, 11) is 0. The summed E-state index contributed by atoms with van der Waals surface area (Å²) in [6, 6.07) is 12.3. The molecule has 3 aromatic rings. The number of hydrogen-bond acceptors (Lipinski definition) is 6. The summed E-state index contributed by atoms with van der Waals surface area (Å²) in [4.78, 5) is 31.6. The minimum Gasteiger partial charge on any atom is -0.507 e. The van der Waals surface area contributed by atoms with E-state index < -0.39 is 0 Å². The molecule has 3 aliphatic heterocycles. The molecule has 33 heavy (non-hydrogen) atoms. The lowest BCUT2D eigenvalue weighted by Gasteiger charge is -2.42. The highest BCUT2D eigenvalue weighted by Crippen LogP contribution is 2.42. The lowest BCUT2D eigenvalue weighted by molar-refractivity contribution is 0.101. The number of carbonyl (C=O) groups excluding carboxylic acids is 1. The number of likely N-dealkylation sites (tertiary alicyclic amines) is 1. The van der Waals surface area contributed by atoms with Crippen LogP contribution in [0.25, 0.3) is 6.08 Å². The van der Waals surface area contributed by atoms with E-state index in [-0.39, 0.29) is 28.8 Å². The number of pyridine rings is 2. The zero-order chi connectivity index (χ0) is 22.5. The fourth-order valence-corrected chi connectivity index (χ4v) is 5.41. The van der Waals surface area contributed by atoms with Crippen molar-refractivity contribution < 1.29 is 14.6 Å². The zero-order valence-corrected chi connectivity index (χ0v) is 18.0. The monoisotopic (exact) mass is 441 g/mol. The highest BCUT2D eigenvalue weighted by Gasteiger charge is 2.36. The molecule has 7 heteroatoms. The van der Waals surface area contributed by atoms with Gasteiger partial charge in [0.15, 0.2) is 5.76 Å². The summed E-state index contributed by atoms with van der Waals surface area (Å²) in [6.07, 6.45) is 6.08. The van der Waals surface area contributed by atoms with Gasteiger partial charge in [0.2, 0.25) is 5.78 Å². The van der Waals surface area contributed by atoms with Gasteiger partial charge >= 0.3 is 0 Å². The largest absolute Gasteiger partial charge is 0.507 e. The van der Waals surface area contributed by atoms with Crippen LogP contribution >= 0.6 is 0 Å². The van der Waals surface area contributed by atoms with Crippen LogP contribution in [-0.4, -0.2) is 38.4 Å². The summed E-state index contributed by atoms with van der Waals surface area (Å²) in [5.41, 5.74) is 3.01. The van der Waals surface area contributed by atoms with Crippen LogP contribution in [0.5, 0.6) is 11.5 Å². The van der Waals surface area contributed by atoms with Gasteiger partial charge in [-0.05, 0) is 48.2 Å². The first kappa shape index (κ1) is 19.9. The van der Waals surface area contributed by atoms with Crippen LogP contribution in [0.4, 0.5) is 0 Å². The molecular weight excluding hydrogens is 418 g/mol. The van der Waals surface area contributed by atoms with Crippen molar-refractivity contribution in [1.29, 1.82) is 0 Å². The Kier molecular flexibility index (Phi) is 4.66. The van der Waals surface area contributed by atoms with Gasteiger partial charge < -0.3 is 14.4 Å². The van der Waals surface area contributed by atoms with E-state index >= 15 is 0 Å². The van der Waals surface area contributed by atoms with Crippen molar-refractivity contribution in [1.82, 2.24) is 14.5 Å². The number of rotatable bonds is 3. The number of benzene rings is 1. The van der Waals surface area contributed by atoms with Crippen LogP contribution in [0, 0.1) is 5.92 Å². The number of phenols is 1. The van der Waals surface area contributed by atoms with Crippen molar-refractivity contribution in [3.05, 3.63) is 93.4 Å². The fourth-order valence-electron chi connectivity index (χ4n) is 5.41. The van der Waals surface area contributed by atoms with E-state index in [9.17, 15) is 14.7 Å². The molecule has 2 aromatic heterocycles. The number of fused-ring (bicyclic) bond motifs is 5. The summed E-state index contributed by atoms with van der Waals surface area (Å²) < 4.78 is 7.90. The van der Waals surface area contributed by atoms with Gasteiger partial charge in [-0.15, -0.1) is 0 Å². The third kappa shape index (κ3) is 3.45. The fraction of sp³-hybridized carbons (Fsp3) is 0.269. The summed E-state index contributed by atoms with van der Waals surface area (Å²) >= 11 is 0. The topological polar surface area (TPSA) is 84.7 Å². The SMILES string of the molecule is O=C1/C(=C/c2cccnc2)Oc2c1ccc(O)c2CN1CC2CC(C1)c1cccc(=O)n1C2. The molecule has 0 spiro atoms. The third-order valence-electron chi connectivity index (χ3n) is 6.84. The molecule has 2 unspecified atom stereocenters. The van der Waals surface area contributed by atoms with Gasteiger partial charge in [0.25, 0.3) is 5.56 Å². The summed E-state index contributed by atoms with van der Waals surface area (Å²) in [5.74, 6) is 1.24. The normalized spacial score (nSPS) is 22.7. The Morgan fingerprint density at radius 1 is 1.09 bits per heavy atom. The van der Waals surface area contributed by atoms with E-state index in [1.165, 1.54) is 0 Å². The molecule has 0 radical (unpaired) electrons. The molecule has 0 amide bonds. The molecule has 7 nitrogen and oxygen atoms in total. The first-order valence-corrected chi connectivity index (χ1v) is 11.2. The van der Waals surface area contributed by atoms with Crippen LogP contribution in [0.15, 0.2) is 65.4 Å². The van der Waals surface area contributed by atoms with Crippen LogP contribution in [-0.2, 0) is 13.1 Å². The Morgan fingerprint density at radius 3 is 2.85 bits per heavy atom. The number of hydrogen-bond donors (Lipinski definition) is 1. The number of aromatic nitrogens is 2. The highest BCUT2D eigenvalue weighted by atomic mass is 16.5. The molecule has 6 rings (SSSR count). The Morgan fingerprint density at radius 2 is 2.00 bits per heavy atom. The number of piperidine rings is 1. The molecular formula is C26H23N3O4. The molecule has 1 fully saturated rings. The van der Waals surface area contributed by atoms with Crippen LogP contribution < -0.4 is 10.3 Å². The Labute approximate surface area is 190 Å². The van der Waals surface area contributed by atoms with Crippen LogP contribution in [0.2, 0.25) is 0 Å². The van der Waals surface area contributed by atoms with Gasteiger partial charge in [-0.2, -0.15) is 0 Å². The molecule has 0 aliphatic carbocycles. The van der Waals surface area contributed by atoms with Crippen molar-refractivity contribution in [2.24, 2.45) is 5.92 Å². The number of ether oxygens (including phenoxy) is 1. The van der Waals surface area contributed by atoms with Crippen LogP contribution in [0.3, 0.4) is 0 Å². The van der Waals surface area contributed by atoms with Gasteiger partial charge in [0.05, 0.1) is 11.1 Å². The van der Waals surface area contributed by atoms with Crippen molar-refractivity contribution in [3.8, 4) is 11.5 Å². The van der Waals surface area contributed by atoms with E-state index in [2.05, 4.69) is 9.88 Å². The molecule has 1 saturated heterocycles. The lowest BCUT2D eigenvalue weighted by atomic mass is 9.83. The van der Waals surface area contributed by atoms with Crippen molar-refractivity contribution in [2.45, 2.75) is 25.4 Å². The molecule has 166 valence electrons. The predicted octanol–water partition coefficient (Wildman–Crippen LogP) is 3.18. The third-order valence-corrected chi connectivity index (χ3v) is 6.84. The Hall–Kier alpha value is -3.71. The number of Topliss-reactive ketones (excluding diaryl/α,β-unsaturated/α-hetero) is 1. The van der Waals surface area contributed by atoms with Crippen molar-refractivity contribution in [2.75, 3.05) is 13.1 Å². The average molecular weight is 441 g/mol. The molecule has 3 aliphatic rings. The first-order valence-electron chi connectivity index (χ1n) is 11.2. The number of phenolic OH excluding ortho intramolecular Hbond substituents is 1. The molecule has 2 atom stereocenters. The Bertz CT molecular complexity index is 1350. The Balaban J connectivity index is 1.29. The second-order valence-electron chi connectivity index (χ2n) is 9.06. The molecule has 5 heterocycles. The summed E-state index contributed by atoms with van der Waals surface area (Å²) in [5, 5.41) is 10.7. The highest BCUT2D eigenvalue weighted by molar-refractivity contribution is 6.14. The maximum absolute atomic E-state index is 12.9. The molecule has 0 saturated carbocycles. The van der Waals surface area contributed by atoms with E-state index in [4.69, 9.17) is 4.74 Å². The second-order valence-corrected chi connectivity index (χ2v) is 9.06. The summed E-state index contributed by atoms with van der Waals surface area (Å²) in [6.45, 7) is 2.81. The molecule has 2 bridgehead atoms. The predicted molar refractivity (Wildman–Crippen MR) is 122 cm³/mol. The van der Waals surface area contributed by atoms with E-state index in [0.29, 0.717) is 35.9 Å². The standard InChI is InChI=1S/C26H23N3O4/c30-22-7-6-19-25(32)23(10-16-3-2-8-27-11-16)33-26(19)20(22)15-28-12-17-9-18(14-28)21-4-1-5-24(31)29(21)13-17/h1-8,10-11,17-18,30H,9,12-15H2/b23-10-. The number of ketones is 1. The first-order chi connectivity index (χ1) is 16.1. The van der Waals surface area contributed by atoms with Gasteiger partial charge in [-0.25, -0.2) is 0 Å². The number of carbonyl (C=O) groups is 1. The van der Waals surface area contributed by atoms with E-state index in [0.717, 1.165) is 30.8 Å².